The molecule has 43 heavy (non-hydrogen) atoms. The number of hydrogen-bond donors (Lipinski definition) is 1. The summed E-state index contributed by atoms with van der Waals surface area (Å²) in [7, 11) is -3.79. The maximum Gasteiger partial charge on any atom is 0.357 e. The van der Waals surface area contributed by atoms with Crippen molar-refractivity contribution in [2.75, 3.05) is 6.61 Å². The Morgan fingerprint density at radius 2 is 1.84 bits per heavy atom. The summed E-state index contributed by atoms with van der Waals surface area (Å²) in [6.07, 6.45) is 8.40. The molecule has 226 valence electrons. The van der Waals surface area contributed by atoms with E-state index < -0.39 is 16.0 Å². The van der Waals surface area contributed by atoms with Gasteiger partial charge in [-0.2, -0.15) is 5.10 Å². The average Bonchev–Trinajstić information content (AvgIpc) is 3.32. The van der Waals surface area contributed by atoms with Gasteiger partial charge >= 0.3 is 5.97 Å². The number of hydrogen-bond acceptors (Lipinski definition) is 8. The molecule has 2 heterocycles. The molecule has 11 heteroatoms. The van der Waals surface area contributed by atoms with Crippen LogP contribution >= 0.6 is 11.3 Å². The van der Waals surface area contributed by atoms with Gasteiger partial charge in [0, 0.05) is 22.9 Å². The van der Waals surface area contributed by atoms with Crippen molar-refractivity contribution in [2.45, 2.75) is 76.2 Å². The summed E-state index contributed by atoms with van der Waals surface area (Å²) < 4.78 is 37.3. The molecule has 2 fully saturated rings. The van der Waals surface area contributed by atoms with E-state index in [9.17, 15) is 13.2 Å². The van der Waals surface area contributed by atoms with Gasteiger partial charge in [-0.1, -0.05) is 24.3 Å². The standard InChI is InChI=1S/C32H36N4O5S2/c1-3-40-31(37)27-19-42-32(34-27)36-28(17-22-9-10-22)26(16-21-11-14-25(15-12-21)43(33,38)39)30(35-36)23-13-8-20(2)29(18-23)41-24-6-4-5-7-24/h8,11-15,18-19,22,24H,3-7,9-10,16-17H2,1-2H3,(H2,33,38,39). The molecule has 0 saturated heterocycles. The molecule has 0 amide bonds. The number of rotatable bonds is 11. The smallest absolute Gasteiger partial charge is 0.357 e. The third kappa shape index (κ3) is 6.68. The second-order valence-electron chi connectivity index (χ2n) is 11.4. The Morgan fingerprint density at radius 1 is 1.09 bits per heavy atom. The quantitative estimate of drug-likeness (QED) is 0.204. The van der Waals surface area contributed by atoms with Gasteiger partial charge in [0.2, 0.25) is 15.2 Å². The topological polar surface area (TPSA) is 126 Å². The predicted octanol–water partition coefficient (Wildman–Crippen LogP) is 5.99. The molecule has 0 unspecified atom stereocenters. The van der Waals surface area contributed by atoms with Crippen LogP contribution in [0.15, 0.2) is 52.7 Å². The van der Waals surface area contributed by atoms with E-state index in [1.54, 1.807) is 36.6 Å². The highest BCUT2D eigenvalue weighted by atomic mass is 32.2. The van der Waals surface area contributed by atoms with E-state index in [2.05, 4.69) is 30.1 Å². The molecule has 0 bridgehead atoms. The molecular formula is C32H36N4O5S2. The highest BCUT2D eigenvalue weighted by Crippen LogP contribution is 2.39. The molecule has 2 aliphatic rings. The highest BCUT2D eigenvalue weighted by Gasteiger charge is 2.30. The fourth-order valence-electron chi connectivity index (χ4n) is 5.59. The maximum absolute atomic E-state index is 12.4. The molecule has 2 aromatic carbocycles. The van der Waals surface area contributed by atoms with Crippen LogP contribution in [0.4, 0.5) is 0 Å². The summed E-state index contributed by atoms with van der Waals surface area (Å²) in [5, 5.41) is 12.8. The van der Waals surface area contributed by atoms with Crippen molar-refractivity contribution in [3.63, 3.8) is 0 Å². The Hall–Kier alpha value is -3.54. The maximum atomic E-state index is 12.4. The van der Waals surface area contributed by atoms with Gasteiger partial charge in [0.1, 0.15) is 5.75 Å². The molecule has 0 radical (unpaired) electrons. The Bertz CT molecular complexity index is 1730. The molecule has 9 nitrogen and oxygen atoms in total. The summed E-state index contributed by atoms with van der Waals surface area (Å²) in [4.78, 5) is 17.1. The normalized spacial score (nSPS) is 15.6. The fraction of sp³-hybridized carbons (Fsp3) is 0.406. The van der Waals surface area contributed by atoms with Crippen molar-refractivity contribution >= 4 is 27.3 Å². The number of thiazole rings is 1. The summed E-state index contributed by atoms with van der Waals surface area (Å²) in [6, 6.07) is 12.9. The Morgan fingerprint density at radius 3 is 2.51 bits per heavy atom. The van der Waals surface area contributed by atoms with E-state index in [4.69, 9.17) is 19.7 Å². The van der Waals surface area contributed by atoms with Gasteiger partial charge in [-0.05, 0) is 94.0 Å². The molecule has 6 rings (SSSR count). The van der Waals surface area contributed by atoms with Crippen LogP contribution in [-0.2, 0) is 27.6 Å². The lowest BCUT2D eigenvalue weighted by atomic mass is 9.96. The Labute approximate surface area is 256 Å². The summed E-state index contributed by atoms with van der Waals surface area (Å²) in [5.41, 5.74) is 6.11. The van der Waals surface area contributed by atoms with Crippen LogP contribution < -0.4 is 9.88 Å². The lowest BCUT2D eigenvalue weighted by Gasteiger charge is -2.16. The van der Waals surface area contributed by atoms with Crippen LogP contribution in [0.2, 0.25) is 0 Å². The number of aromatic nitrogens is 3. The minimum Gasteiger partial charge on any atom is -0.490 e. The second-order valence-corrected chi connectivity index (χ2v) is 13.8. The fourth-order valence-corrected chi connectivity index (χ4v) is 6.87. The van der Waals surface area contributed by atoms with Crippen molar-refractivity contribution in [3.05, 3.63) is 75.9 Å². The van der Waals surface area contributed by atoms with Gasteiger partial charge in [-0.15, -0.1) is 11.3 Å². The third-order valence-corrected chi connectivity index (χ3v) is 9.86. The molecule has 0 aliphatic heterocycles. The molecule has 2 aromatic heterocycles. The van der Waals surface area contributed by atoms with Crippen LogP contribution in [0.3, 0.4) is 0 Å². The van der Waals surface area contributed by atoms with E-state index in [1.807, 2.05) is 4.68 Å². The van der Waals surface area contributed by atoms with Crippen LogP contribution in [0.5, 0.6) is 5.75 Å². The van der Waals surface area contributed by atoms with E-state index >= 15 is 0 Å². The number of aryl methyl sites for hydroxylation is 1. The van der Waals surface area contributed by atoms with Crippen LogP contribution in [-0.4, -0.2) is 41.9 Å². The van der Waals surface area contributed by atoms with Crippen LogP contribution in [0, 0.1) is 12.8 Å². The summed E-state index contributed by atoms with van der Waals surface area (Å²) >= 11 is 1.36. The molecule has 2 saturated carbocycles. The zero-order valence-electron chi connectivity index (χ0n) is 24.4. The van der Waals surface area contributed by atoms with Gasteiger partial charge in [0.15, 0.2) is 5.69 Å². The molecular weight excluding hydrogens is 585 g/mol. The highest BCUT2D eigenvalue weighted by molar-refractivity contribution is 7.89. The molecule has 2 aliphatic carbocycles. The largest absolute Gasteiger partial charge is 0.490 e. The number of ether oxygens (including phenoxy) is 2. The number of esters is 1. The molecule has 4 aromatic rings. The summed E-state index contributed by atoms with van der Waals surface area (Å²) in [5.74, 6) is 0.962. The van der Waals surface area contributed by atoms with Crippen molar-refractivity contribution in [1.82, 2.24) is 14.8 Å². The predicted molar refractivity (Wildman–Crippen MR) is 165 cm³/mol. The number of sulfonamides is 1. The number of benzene rings is 2. The SMILES string of the molecule is CCOC(=O)c1csc(-n2nc(-c3ccc(C)c(OC4CCCC4)c3)c(Cc3ccc(S(N)(=O)=O)cc3)c2CC2CC2)n1. The van der Waals surface area contributed by atoms with Crippen molar-refractivity contribution in [1.29, 1.82) is 0 Å². The van der Waals surface area contributed by atoms with E-state index in [0.29, 0.717) is 17.5 Å². The zero-order valence-corrected chi connectivity index (χ0v) is 26.0. The van der Waals surface area contributed by atoms with Crippen LogP contribution in [0.25, 0.3) is 16.4 Å². The van der Waals surface area contributed by atoms with Crippen molar-refractivity contribution < 1.29 is 22.7 Å². The van der Waals surface area contributed by atoms with E-state index in [0.717, 1.165) is 71.5 Å². The minimum absolute atomic E-state index is 0.0758. The van der Waals surface area contributed by atoms with E-state index in [1.165, 1.54) is 24.2 Å². The number of carbonyl (C=O) groups is 1. The first-order chi connectivity index (χ1) is 20.7. The first kappa shape index (κ1) is 29.5. The van der Waals surface area contributed by atoms with Gasteiger partial charge in [0.25, 0.3) is 0 Å². The number of carbonyl (C=O) groups excluding carboxylic acids is 1. The third-order valence-electron chi connectivity index (χ3n) is 8.12. The monoisotopic (exact) mass is 620 g/mol. The zero-order chi connectivity index (χ0) is 30.1. The van der Waals surface area contributed by atoms with Gasteiger partial charge < -0.3 is 9.47 Å². The van der Waals surface area contributed by atoms with Crippen molar-refractivity contribution in [2.24, 2.45) is 11.1 Å². The first-order valence-corrected chi connectivity index (χ1v) is 17.3. The summed E-state index contributed by atoms with van der Waals surface area (Å²) in [6.45, 7) is 4.11. The van der Waals surface area contributed by atoms with Gasteiger partial charge in [-0.25, -0.2) is 28.0 Å². The number of primary sulfonamides is 1. The Balaban J connectivity index is 1.46. The number of nitrogens with zero attached hydrogens (tertiary/aromatic N) is 3. The average molecular weight is 621 g/mol. The van der Waals surface area contributed by atoms with Crippen LogP contribution in [0.1, 0.15) is 78.3 Å². The van der Waals surface area contributed by atoms with Crippen molar-refractivity contribution in [3.8, 4) is 22.1 Å². The van der Waals surface area contributed by atoms with E-state index in [-0.39, 0.29) is 23.3 Å². The molecule has 2 N–H and O–H groups in total. The molecule has 0 atom stereocenters. The second kappa shape index (κ2) is 12.2. The molecule has 0 spiro atoms. The van der Waals surface area contributed by atoms with Gasteiger partial charge in [-0.3, -0.25) is 0 Å². The lowest BCUT2D eigenvalue weighted by molar-refractivity contribution is 0.0520. The Kier molecular flexibility index (Phi) is 8.39. The minimum atomic E-state index is -3.79. The van der Waals surface area contributed by atoms with Gasteiger partial charge in [0.05, 0.1) is 29.0 Å². The first-order valence-electron chi connectivity index (χ1n) is 14.8. The number of nitrogens with two attached hydrogens (primary N) is 1. The lowest BCUT2D eigenvalue weighted by Crippen LogP contribution is -2.12.